The van der Waals surface area contributed by atoms with Gasteiger partial charge in [-0.2, -0.15) is 0 Å². The summed E-state index contributed by atoms with van der Waals surface area (Å²) in [6, 6.07) is 18.2. The minimum absolute atomic E-state index is 0.0697. The number of carbonyl (C=O) groups excluding carboxylic acids is 2. The van der Waals surface area contributed by atoms with E-state index in [1.54, 1.807) is 48.4 Å². The lowest BCUT2D eigenvalue weighted by molar-refractivity contribution is -0.109. The fourth-order valence-electron chi connectivity index (χ4n) is 10.2. The summed E-state index contributed by atoms with van der Waals surface area (Å²) in [5.41, 5.74) is 23.3. The average Bonchev–Trinajstić information content (AvgIpc) is 4.09. The molecule has 4 fully saturated rings. The molecule has 4 saturated heterocycles. The van der Waals surface area contributed by atoms with E-state index < -0.39 is 0 Å². The molecule has 4 aliphatic rings. The number of carbonyl (C=O) groups is 2. The quantitative estimate of drug-likeness (QED) is 0.0626. The van der Waals surface area contributed by atoms with Crippen LogP contribution in [-0.4, -0.2) is 117 Å². The third-order valence-corrected chi connectivity index (χ3v) is 13.9. The van der Waals surface area contributed by atoms with Crippen molar-refractivity contribution in [2.75, 3.05) is 82.9 Å². The summed E-state index contributed by atoms with van der Waals surface area (Å²) in [7, 11) is 3.38. The van der Waals surface area contributed by atoms with Gasteiger partial charge < -0.3 is 66.6 Å². The highest BCUT2D eigenvalue weighted by Crippen LogP contribution is 2.43. The van der Waals surface area contributed by atoms with E-state index in [4.69, 9.17) is 26.7 Å². The molecule has 8 rings (SSSR count). The van der Waals surface area contributed by atoms with Gasteiger partial charge >= 0.3 is 0 Å². The SMILES string of the molecule is CN(CCC=O)c1cc2ccn(C3COC4(CCN(CC5CCN(c6cc(CN(CC7CCCN7)C(/C=C(\N)c7ccccc7O)=C(N)N)ccc6F)CC5)CC4)C3)c2cc1F.CNC=O. The van der Waals surface area contributed by atoms with Gasteiger partial charge in [0.1, 0.15) is 29.5 Å². The molecule has 5 heterocycles. The molecule has 66 heavy (non-hydrogen) atoms. The van der Waals surface area contributed by atoms with Gasteiger partial charge in [0.15, 0.2) is 0 Å². The maximum atomic E-state index is 15.6. The molecule has 3 aromatic carbocycles. The summed E-state index contributed by atoms with van der Waals surface area (Å²) in [6.07, 6.45) is 12.5. The topological polar surface area (TPSA) is 184 Å². The van der Waals surface area contributed by atoms with Crippen molar-refractivity contribution in [1.29, 1.82) is 0 Å². The van der Waals surface area contributed by atoms with E-state index in [0.717, 1.165) is 107 Å². The molecule has 14 nitrogen and oxygen atoms in total. The van der Waals surface area contributed by atoms with Crippen molar-refractivity contribution >= 4 is 40.7 Å². The molecule has 0 saturated carbocycles. The number of fused-ring (bicyclic) bond motifs is 1. The number of nitrogens with two attached hydrogens (primary N) is 3. The molecule has 2 atom stereocenters. The number of nitrogens with zero attached hydrogens (tertiary/aromatic N) is 5. The maximum Gasteiger partial charge on any atom is 0.206 e. The molecule has 2 unspecified atom stereocenters. The first-order valence-corrected chi connectivity index (χ1v) is 23.4. The van der Waals surface area contributed by atoms with E-state index in [2.05, 4.69) is 36.1 Å². The lowest BCUT2D eigenvalue weighted by Crippen LogP contribution is -2.47. The summed E-state index contributed by atoms with van der Waals surface area (Å²) < 4.78 is 39.6. The zero-order chi connectivity index (χ0) is 46.8. The second kappa shape index (κ2) is 22.1. The van der Waals surface area contributed by atoms with Gasteiger partial charge in [-0.3, -0.25) is 4.79 Å². The van der Waals surface area contributed by atoms with Crippen LogP contribution in [0.15, 0.2) is 84.5 Å². The Balaban J connectivity index is 0.00000156. The number of phenolic OH excluding ortho intramolecular Hbond substituents is 1. The fourth-order valence-corrected chi connectivity index (χ4v) is 10.2. The van der Waals surface area contributed by atoms with Crippen molar-refractivity contribution in [2.45, 2.75) is 75.6 Å². The van der Waals surface area contributed by atoms with Gasteiger partial charge in [0, 0.05) is 108 Å². The van der Waals surface area contributed by atoms with Crippen molar-refractivity contribution in [2.24, 2.45) is 23.1 Å². The van der Waals surface area contributed by atoms with Gasteiger partial charge in [-0.05, 0) is 105 Å². The highest BCUT2D eigenvalue weighted by molar-refractivity contribution is 5.84. The Bertz CT molecular complexity index is 2330. The average molecular weight is 911 g/mol. The van der Waals surface area contributed by atoms with E-state index in [9.17, 15) is 9.90 Å². The number of nitrogens with one attached hydrogen (secondary N) is 2. The molecular formula is C50H68F2N10O4. The highest BCUT2D eigenvalue weighted by atomic mass is 19.1. The van der Waals surface area contributed by atoms with Crippen LogP contribution in [0, 0.1) is 17.6 Å². The van der Waals surface area contributed by atoms with E-state index in [1.807, 2.05) is 37.4 Å². The number of hydrogen-bond acceptors (Lipinski definition) is 12. The standard InChI is InChI=1S/C48H63F2N9O3.C2H5NO/c1-55(17-5-23-60)43-25-35-13-20-59(42(35)26-40(43)50)37-28-48(62-32-37)14-21-56(22-15-48)29-33-11-18-57(19-12-33)44-24-34(9-10-39(44)49)30-58(31-36-6-4-16-54-36)45(47(52)53)27-41(51)38-7-2-3-8-46(38)61;1-3-2-4/h2-3,7-10,13,20,23-27,33,36-37,54,61H,4-6,11-12,14-19,21-22,28-32,51-53H2,1H3;2H,1H3,(H,3,4)/b41-27-;. The lowest BCUT2D eigenvalue weighted by Gasteiger charge is -2.41. The number of allylic oxidation sites excluding steroid dienone is 1. The zero-order valence-electron chi connectivity index (χ0n) is 38.4. The molecule has 0 aliphatic carbocycles. The number of rotatable bonds is 16. The third kappa shape index (κ3) is 11.6. The Morgan fingerprint density at radius 1 is 1.00 bits per heavy atom. The predicted octanol–water partition coefficient (Wildman–Crippen LogP) is 5.37. The Kier molecular flexibility index (Phi) is 16.1. The molecular weight excluding hydrogens is 843 g/mol. The molecule has 9 N–H and O–H groups in total. The van der Waals surface area contributed by atoms with Crippen LogP contribution in [0.2, 0.25) is 0 Å². The number of phenols is 1. The minimum Gasteiger partial charge on any atom is -0.507 e. The second-order valence-corrected chi connectivity index (χ2v) is 18.4. The van der Waals surface area contributed by atoms with Crippen LogP contribution in [0.4, 0.5) is 20.2 Å². The summed E-state index contributed by atoms with van der Waals surface area (Å²) >= 11 is 0. The first-order chi connectivity index (χ1) is 31.9. The Labute approximate surface area is 387 Å². The monoisotopic (exact) mass is 911 g/mol. The Hall–Kier alpha value is -5.84. The zero-order valence-corrected chi connectivity index (χ0v) is 38.4. The van der Waals surface area contributed by atoms with Crippen molar-refractivity contribution in [3.05, 3.63) is 107 Å². The number of benzene rings is 3. The van der Waals surface area contributed by atoms with E-state index in [1.165, 1.54) is 0 Å². The molecule has 356 valence electrons. The number of likely N-dealkylation sites (tertiary alicyclic amines) is 1. The Morgan fingerprint density at radius 2 is 1.76 bits per heavy atom. The lowest BCUT2D eigenvalue weighted by atomic mass is 9.86. The van der Waals surface area contributed by atoms with Gasteiger partial charge in [-0.15, -0.1) is 0 Å². The molecule has 1 aromatic heterocycles. The second-order valence-electron chi connectivity index (χ2n) is 18.4. The predicted molar refractivity (Wildman–Crippen MR) is 257 cm³/mol. The normalized spacial score (nSPS) is 19.9. The van der Waals surface area contributed by atoms with Crippen LogP contribution < -0.4 is 37.6 Å². The number of amides is 1. The van der Waals surface area contributed by atoms with Crippen LogP contribution in [0.5, 0.6) is 5.75 Å². The first-order valence-electron chi connectivity index (χ1n) is 23.4. The van der Waals surface area contributed by atoms with Crippen molar-refractivity contribution < 1.29 is 28.2 Å². The maximum absolute atomic E-state index is 15.6. The molecule has 16 heteroatoms. The van der Waals surface area contributed by atoms with Crippen LogP contribution in [0.1, 0.15) is 68.5 Å². The summed E-state index contributed by atoms with van der Waals surface area (Å²) in [5.74, 6) is 0.204. The van der Waals surface area contributed by atoms with E-state index >= 15 is 8.78 Å². The minimum atomic E-state index is -0.282. The van der Waals surface area contributed by atoms with Crippen molar-refractivity contribution in [3.8, 4) is 5.75 Å². The summed E-state index contributed by atoms with van der Waals surface area (Å²) in [5, 5.41) is 17.3. The largest absolute Gasteiger partial charge is 0.507 e. The summed E-state index contributed by atoms with van der Waals surface area (Å²) in [4.78, 5) is 28.6. The van der Waals surface area contributed by atoms with Crippen LogP contribution in [0.25, 0.3) is 16.6 Å². The molecule has 0 radical (unpaired) electrons. The number of aldehydes is 1. The number of hydrogen-bond donors (Lipinski definition) is 6. The van der Waals surface area contributed by atoms with Gasteiger partial charge in [-0.25, -0.2) is 8.78 Å². The number of aromatic hydroxyl groups is 1. The number of para-hydroxylation sites is 1. The number of ether oxygens (including phenoxy) is 1. The van der Waals surface area contributed by atoms with E-state index in [0.29, 0.717) is 73.3 Å². The molecule has 4 aliphatic heterocycles. The molecule has 4 aromatic rings. The number of piperidine rings is 2. The molecule has 1 spiro atoms. The smallest absolute Gasteiger partial charge is 0.206 e. The van der Waals surface area contributed by atoms with Crippen molar-refractivity contribution in [1.82, 2.24) is 25.0 Å². The highest BCUT2D eigenvalue weighted by Gasteiger charge is 2.44. The molecule has 1 amide bonds. The number of aromatic nitrogens is 1. The first kappa shape index (κ1) is 48.1. The van der Waals surface area contributed by atoms with Gasteiger partial charge in [0.05, 0.1) is 40.8 Å². The number of halogens is 2. The fraction of sp³-hybridized carbons (Fsp3) is 0.480. The van der Waals surface area contributed by atoms with Gasteiger partial charge in [-0.1, -0.05) is 18.2 Å². The van der Waals surface area contributed by atoms with Crippen LogP contribution >= 0.6 is 0 Å². The third-order valence-electron chi connectivity index (χ3n) is 13.9. The summed E-state index contributed by atoms with van der Waals surface area (Å²) in [6.45, 7) is 7.66. The Morgan fingerprint density at radius 3 is 2.44 bits per heavy atom. The van der Waals surface area contributed by atoms with Gasteiger partial charge in [0.25, 0.3) is 0 Å². The van der Waals surface area contributed by atoms with Crippen LogP contribution in [0.3, 0.4) is 0 Å². The van der Waals surface area contributed by atoms with Crippen molar-refractivity contribution in [3.63, 3.8) is 0 Å². The van der Waals surface area contributed by atoms with E-state index in [-0.39, 0.29) is 40.9 Å². The number of anilines is 2. The molecule has 0 bridgehead atoms. The van der Waals surface area contributed by atoms with Gasteiger partial charge in [0.2, 0.25) is 6.41 Å². The van der Waals surface area contributed by atoms with Crippen LogP contribution in [-0.2, 0) is 20.9 Å².